The van der Waals surface area contributed by atoms with Gasteiger partial charge in [0.15, 0.2) is 11.6 Å². The van der Waals surface area contributed by atoms with Gasteiger partial charge in [-0.1, -0.05) is 35.3 Å². The number of ether oxygens (including phenoxy) is 1. The quantitative estimate of drug-likeness (QED) is 0.619. The van der Waals surface area contributed by atoms with Gasteiger partial charge in [0.05, 0.1) is 16.6 Å². The van der Waals surface area contributed by atoms with Gasteiger partial charge in [0.25, 0.3) is 0 Å². The largest absolute Gasteiger partial charge is 0.488 e. The fourth-order valence-corrected chi connectivity index (χ4v) is 3.83. The van der Waals surface area contributed by atoms with Crippen LogP contribution in [0.5, 0.6) is 5.75 Å². The van der Waals surface area contributed by atoms with Crippen molar-refractivity contribution in [2.24, 2.45) is 0 Å². The first-order valence-electron chi connectivity index (χ1n) is 10.1. The highest BCUT2D eigenvalue weighted by Gasteiger charge is 2.26. The predicted octanol–water partition coefficient (Wildman–Crippen LogP) is 3.52. The standard InChI is InChI=1S/C22H26Cl2FN3O3/c1-15-11-27(13-22(30)26-16-6-7-18(23)19(24)10-16)8-9-28(15)12-17(29)14-31-21-5-3-2-4-20(21)25/h2-7,10,15,17,29H,8-9,11-14H2,1H3,(H,26,30)/t15-,17-/m0/s1. The number of nitrogens with zero attached hydrogens (tertiary/aromatic N) is 2. The maximum absolute atomic E-state index is 13.6. The highest BCUT2D eigenvalue weighted by atomic mass is 35.5. The molecule has 0 unspecified atom stereocenters. The number of para-hydroxylation sites is 1. The molecule has 1 aliphatic heterocycles. The van der Waals surface area contributed by atoms with Crippen LogP contribution >= 0.6 is 23.2 Å². The van der Waals surface area contributed by atoms with Crippen molar-refractivity contribution in [1.29, 1.82) is 0 Å². The molecule has 0 radical (unpaired) electrons. The van der Waals surface area contributed by atoms with Crippen LogP contribution in [0, 0.1) is 5.82 Å². The minimum atomic E-state index is -0.744. The molecule has 0 spiro atoms. The van der Waals surface area contributed by atoms with Gasteiger partial charge in [-0.05, 0) is 37.3 Å². The molecule has 1 fully saturated rings. The van der Waals surface area contributed by atoms with E-state index < -0.39 is 11.9 Å². The number of β-amino-alcohol motifs (C(OH)–C–C–N with tert-alkyl or cyclic N) is 1. The normalized spacial score (nSPS) is 18.5. The van der Waals surface area contributed by atoms with E-state index in [0.717, 1.165) is 0 Å². The number of carbonyl (C=O) groups is 1. The molecule has 2 atom stereocenters. The van der Waals surface area contributed by atoms with E-state index in [-0.39, 0.29) is 30.9 Å². The molecule has 31 heavy (non-hydrogen) atoms. The topological polar surface area (TPSA) is 65.0 Å². The minimum Gasteiger partial charge on any atom is -0.488 e. The molecule has 1 saturated heterocycles. The van der Waals surface area contributed by atoms with Crippen molar-refractivity contribution in [3.8, 4) is 5.75 Å². The van der Waals surface area contributed by atoms with E-state index in [0.29, 0.717) is 41.9 Å². The number of hydrogen-bond donors (Lipinski definition) is 2. The van der Waals surface area contributed by atoms with E-state index in [1.165, 1.54) is 12.1 Å². The fourth-order valence-electron chi connectivity index (χ4n) is 3.53. The van der Waals surface area contributed by atoms with Crippen molar-refractivity contribution >= 4 is 34.8 Å². The summed E-state index contributed by atoms with van der Waals surface area (Å²) in [5.41, 5.74) is 0.601. The van der Waals surface area contributed by atoms with Crippen LogP contribution < -0.4 is 10.1 Å². The number of rotatable bonds is 8. The average Bonchev–Trinajstić information content (AvgIpc) is 2.72. The van der Waals surface area contributed by atoms with Crippen LogP contribution in [0.1, 0.15) is 6.92 Å². The molecule has 2 aromatic carbocycles. The number of nitrogens with one attached hydrogen (secondary N) is 1. The Labute approximate surface area is 191 Å². The van der Waals surface area contributed by atoms with Crippen molar-refractivity contribution in [3.05, 3.63) is 58.3 Å². The van der Waals surface area contributed by atoms with Crippen molar-refractivity contribution in [2.45, 2.75) is 19.1 Å². The zero-order valence-electron chi connectivity index (χ0n) is 17.2. The minimum absolute atomic E-state index is 0.0138. The Morgan fingerprint density at radius 1 is 1.26 bits per heavy atom. The van der Waals surface area contributed by atoms with Gasteiger partial charge >= 0.3 is 0 Å². The number of piperazine rings is 1. The summed E-state index contributed by atoms with van der Waals surface area (Å²) < 4.78 is 19.0. The molecule has 0 saturated carbocycles. The van der Waals surface area contributed by atoms with Crippen LogP contribution in [0.2, 0.25) is 10.0 Å². The number of benzene rings is 2. The summed E-state index contributed by atoms with van der Waals surface area (Å²) in [4.78, 5) is 16.6. The van der Waals surface area contributed by atoms with Gasteiger partial charge in [0.1, 0.15) is 12.7 Å². The molecule has 0 aromatic heterocycles. The zero-order valence-corrected chi connectivity index (χ0v) is 18.7. The second-order valence-corrected chi connectivity index (χ2v) is 8.47. The van der Waals surface area contributed by atoms with Crippen LogP contribution in [-0.4, -0.2) is 72.3 Å². The van der Waals surface area contributed by atoms with E-state index in [9.17, 15) is 14.3 Å². The molecule has 168 valence electrons. The van der Waals surface area contributed by atoms with Gasteiger partial charge in [0, 0.05) is 37.9 Å². The lowest BCUT2D eigenvalue weighted by molar-refractivity contribution is -0.118. The maximum Gasteiger partial charge on any atom is 0.238 e. The van der Waals surface area contributed by atoms with Crippen molar-refractivity contribution in [2.75, 3.05) is 44.6 Å². The molecule has 1 amide bonds. The van der Waals surface area contributed by atoms with Gasteiger partial charge < -0.3 is 15.2 Å². The van der Waals surface area contributed by atoms with E-state index in [1.54, 1.807) is 30.3 Å². The van der Waals surface area contributed by atoms with Crippen LogP contribution in [-0.2, 0) is 4.79 Å². The number of amides is 1. The average molecular weight is 470 g/mol. The number of aliphatic hydroxyl groups is 1. The number of aliphatic hydroxyl groups excluding tert-OH is 1. The van der Waals surface area contributed by atoms with Crippen molar-refractivity contribution in [3.63, 3.8) is 0 Å². The summed E-state index contributed by atoms with van der Waals surface area (Å²) in [7, 11) is 0. The third kappa shape index (κ3) is 7.05. The third-order valence-electron chi connectivity index (χ3n) is 5.13. The second kappa shape index (κ2) is 11.1. The van der Waals surface area contributed by atoms with Gasteiger partial charge in [-0.2, -0.15) is 0 Å². The second-order valence-electron chi connectivity index (χ2n) is 7.65. The zero-order chi connectivity index (χ0) is 22.4. The number of carbonyl (C=O) groups excluding carboxylic acids is 1. The fraction of sp³-hybridized carbons (Fsp3) is 0.409. The lowest BCUT2D eigenvalue weighted by atomic mass is 10.1. The third-order valence-corrected chi connectivity index (χ3v) is 5.87. The highest BCUT2D eigenvalue weighted by molar-refractivity contribution is 6.42. The van der Waals surface area contributed by atoms with Crippen LogP contribution in [0.15, 0.2) is 42.5 Å². The molecular weight excluding hydrogens is 444 g/mol. The number of hydrogen-bond acceptors (Lipinski definition) is 5. The summed E-state index contributed by atoms with van der Waals surface area (Å²) in [5, 5.41) is 14.0. The summed E-state index contributed by atoms with van der Waals surface area (Å²) in [6, 6.07) is 11.2. The van der Waals surface area contributed by atoms with Crippen molar-refractivity contribution in [1.82, 2.24) is 9.80 Å². The van der Waals surface area contributed by atoms with E-state index in [4.69, 9.17) is 27.9 Å². The van der Waals surface area contributed by atoms with Crippen LogP contribution in [0.25, 0.3) is 0 Å². The predicted molar refractivity (Wildman–Crippen MR) is 120 cm³/mol. The molecule has 2 aromatic rings. The summed E-state index contributed by atoms with van der Waals surface area (Å²) in [6.07, 6.45) is -0.744. The molecule has 2 N–H and O–H groups in total. The van der Waals surface area contributed by atoms with E-state index in [1.807, 2.05) is 6.92 Å². The highest BCUT2D eigenvalue weighted by Crippen LogP contribution is 2.25. The molecular formula is C22H26Cl2FN3O3. The lowest BCUT2D eigenvalue weighted by Gasteiger charge is -2.40. The Bertz CT molecular complexity index is 902. The molecule has 0 aliphatic carbocycles. The number of anilines is 1. The van der Waals surface area contributed by atoms with Crippen molar-refractivity contribution < 1.29 is 19.0 Å². The number of halogens is 3. The molecule has 1 aliphatic rings. The Morgan fingerprint density at radius 2 is 2.03 bits per heavy atom. The van der Waals surface area contributed by atoms with Gasteiger partial charge in [0.2, 0.25) is 5.91 Å². The molecule has 9 heteroatoms. The molecule has 6 nitrogen and oxygen atoms in total. The summed E-state index contributed by atoms with van der Waals surface area (Å²) in [5.74, 6) is -0.444. The van der Waals surface area contributed by atoms with Gasteiger partial charge in [-0.3, -0.25) is 14.6 Å². The Kier molecular flexibility index (Phi) is 8.51. The Morgan fingerprint density at radius 3 is 2.74 bits per heavy atom. The smallest absolute Gasteiger partial charge is 0.238 e. The Hall–Kier alpha value is -1.90. The van der Waals surface area contributed by atoms with Crippen LogP contribution in [0.3, 0.4) is 0 Å². The molecule has 1 heterocycles. The van der Waals surface area contributed by atoms with E-state index >= 15 is 0 Å². The van der Waals surface area contributed by atoms with E-state index in [2.05, 4.69) is 15.1 Å². The monoisotopic (exact) mass is 469 g/mol. The first-order valence-corrected chi connectivity index (χ1v) is 10.8. The van der Waals surface area contributed by atoms with Gasteiger partial charge in [-0.25, -0.2) is 4.39 Å². The molecule has 3 rings (SSSR count). The Balaban J connectivity index is 1.41. The molecule has 0 bridgehead atoms. The van der Waals surface area contributed by atoms with Gasteiger partial charge in [-0.15, -0.1) is 0 Å². The SMILES string of the molecule is C[C@H]1CN(CC(=O)Nc2ccc(Cl)c(Cl)c2)CCN1C[C@H](O)COc1ccccc1F. The van der Waals surface area contributed by atoms with Crippen LogP contribution in [0.4, 0.5) is 10.1 Å². The summed E-state index contributed by atoms with van der Waals surface area (Å²) >= 11 is 11.9. The summed E-state index contributed by atoms with van der Waals surface area (Å²) in [6.45, 7) is 4.83. The first-order chi connectivity index (χ1) is 14.8. The lowest BCUT2D eigenvalue weighted by Crippen LogP contribution is -2.55. The first kappa shape index (κ1) is 23.8. The maximum atomic E-state index is 13.6.